The van der Waals surface area contributed by atoms with Crippen LogP contribution in [0.5, 0.6) is 0 Å². The van der Waals surface area contributed by atoms with Crippen molar-refractivity contribution in [2.75, 3.05) is 11.9 Å². The Morgan fingerprint density at radius 1 is 1.18 bits per heavy atom. The minimum Gasteiger partial charge on any atom is -0.386 e. The molecule has 0 spiro atoms. The van der Waals surface area contributed by atoms with E-state index >= 15 is 0 Å². The SMILES string of the molecule is N#Cc1cc(F)c(NCC(O)c2c(Cl)cccc2Cl)c(F)c1. The van der Waals surface area contributed by atoms with Crippen LogP contribution in [0.25, 0.3) is 0 Å². The quantitative estimate of drug-likeness (QED) is 0.871. The van der Waals surface area contributed by atoms with Crippen LogP contribution in [0.3, 0.4) is 0 Å². The van der Waals surface area contributed by atoms with Gasteiger partial charge in [0.1, 0.15) is 5.69 Å². The lowest BCUT2D eigenvalue weighted by atomic mass is 10.1. The van der Waals surface area contributed by atoms with E-state index in [1.807, 2.05) is 0 Å². The van der Waals surface area contributed by atoms with Crippen LogP contribution in [-0.4, -0.2) is 11.7 Å². The molecule has 0 amide bonds. The first-order chi connectivity index (χ1) is 10.4. The minimum absolute atomic E-state index is 0.129. The van der Waals surface area contributed by atoms with Crippen LogP contribution in [0, 0.1) is 23.0 Å². The lowest BCUT2D eigenvalue weighted by Crippen LogP contribution is -2.15. The molecule has 22 heavy (non-hydrogen) atoms. The van der Waals surface area contributed by atoms with E-state index in [1.165, 1.54) is 0 Å². The largest absolute Gasteiger partial charge is 0.386 e. The van der Waals surface area contributed by atoms with E-state index in [9.17, 15) is 13.9 Å². The molecule has 0 radical (unpaired) electrons. The maximum Gasteiger partial charge on any atom is 0.150 e. The average Bonchev–Trinajstić information content (AvgIpc) is 2.45. The number of benzene rings is 2. The van der Waals surface area contributed by atoms with Crippen LogP contribution >= 0.6 is 23.2 Å². The van der Waals surface area contributed by atoms with Gasteiger partial charge in [0, 0.05) is 22.2 Å². The molecule has 0 aliphatic heterocycles. The van der Waals surface area contributed by atoms with Crippen LogP contribution in [0.2, 0.25) is 10.0 Å². The van der Waals surface area contributed by atoms with Crippen LogP contribution in [0.4, 0.5) is 14.5 Å². The highest BCUT2D eigenvalue weighted by Gasteiger charge is 2.17. The summed E-state index contributed by atoms with van der Waals surface area (Å²) in [5, 5.41) is 21.7. The highest BCUT2D eigenvalue weighted by atomic mass is 35.5. The van der Waals surface area contributed by atoms with E-state index < -0.39 is 23.4 Å². The van der Waals surface area contributed by atoms with Gasteiger partial charge in [-0.25, -0.2) is 8.78 Å². The fourth-order valence-electron chi connectivity index (χ4n) is 1.94. The molecule has 2 aromatic rings. The predicted molar refractivity (Wildman–Crippen MR) is 81.0 cm³/mol. The molecule has 0 aromatic heterocycles. The lowest BCUT2D eigenvalue weighted by Gasteiger charge is -2.16. The Morgan fingerprint density at radius 2 is 1.73 bits per heavy atom. The van der Waals surface area contributed by atoms with E-state index in [4.69, 9.17) is 28.5 Å². The Kier molecular flexibility index (Phi) is 5.19. The second kappa shape index (κ2) is 6.93. The van der Waals surface area contributed by atoms with E-state index in [0.717, 1.165) is 12.1 Å². The fraction of sp³-hybridized carbons (Fsp3) is 0.133. The zero-order valence-corrected chi connectivity index (χ0v) is 12.6. The van der Waals surface area contributed by atoms with Crippen molar-refractivity contribution in [3.63, 3.8) is 0 Å². The van der Waals surface area contributed by atoms with Gasteiger partial charge in [-0.15, -0.1) is 0 Å². The van der Waals surface area contributed by atoms with Gasteiger partial charge in [-0.05, 0) is 24.3 Å². The predicted octanol–water partition coefficient (Wildman–Crippen LogP) is 4.29. The van der Waals surface area contributed by atoms with Gasteiger partial charge in [-0.2, -0.15) is 5.26 Å². The molecule has 0 fully saturated rings. The van der Waals surface area contributed by atoms with Crippen LogP contribution < -0.4 is 5.32 Å². The number of hydrogen-bond acceptors (Lipinski definition) is 3. The van der Waals surface area contributed by atoms with Crippen molar-refractivity contribution >= 4 is 28.9 Å². The smallest absolute Gasteiger partial charge is 0.150 e. The summed E-state index contributed by atoms with van der Waals surface area (Å²) in [6, 6.07) is 8.18. The molecule has 0 heterocycles. The molecular weight excluding hydrogens is 333 g/mol. The molecule has 0 aliphatic carbocycles. The van der Waals surface area contributed by atoms with Crippen molar-refractivity contribution in [1.29, 1.82) is 5.26 Å². The summed E-state index contributed by atoms with van der Waals surface area (Å²) in [4.78, 5) is 0. The summed E-state index contributed by atoms with van der Waals surface area (Å²) in [6.45, 7) is -0.205. The first kappa shape index (κ1) is 16.5. The molecule has 0 saturated heterocycles. The molecule has 2 aromatic carbocycles. The molecule has 2 N–H and O–H groups in total. The average molecular weight is 343 g/mol. The second-order valence-corrected chi connectivity index (χ2v) is 5.27. The number of rotatable bonds is 4. The molecular formula is C15H10Cl2F2N2O. The monoisotopic (exact) mass is 342 g/mol. The number of aliphatic hydroxyl groups excluding tert-OH is 1. The van der Waals surface area contributed by atoms with E-state index in [1.54, 1.807) is 24.3 Å². The van der Waals surface area contributed by atoms with Crippen molar-refractivity contribution in [3.8, 4) is 6.07 Å². The third-order valence-corrected chi connectivity index (χ3v) is 3.64. The lowest BCUT2D eigenvalue weighted by molar-refractivity contribution is 0.191. The van der Waals surface area contributed by atoms with Gasteiger partial charge in [0.05, 0.1) is 17.7 Å². The molecule has 1 atom stereocenters. The highest BCUT2D eigenvalue weighted by Crippen LogP contribution is 2.31. The second-order valence-electron chi connectivity index (χ2n) is 4.46. The summed E-state index contributed by atoms with van der Waals surface area (Å²) in [7, 11) is 0. The molecule has 114 valence electrons. The molecule has 0 saturated carbocycles. The Bertz CT molecular complexity index is 704. The minimum atomic E-state index is -1.16. The van der Waals surface area contributed by atoms with E-state index in [0.29, 0.717) is 0 Å². The first-order valence-corrected chi connectivity index (χ1v) is 6.94. The third-order valence-electron chi connectivity index (χ3n) is 2.98. The van der Waals surface area contributed by atoms with Gasteiger partial charge in [-0.3, -0.25) is 0 Å². The Hall–Kier alpha value is -1.87. The number of nitrogens with one attached hydrogen (secondary N) is 1. The van der Waals surface area contributed by atoms with E-state index in [-0.39, 0.29) is 27.7 Å². The van der Waals surface area contributed by atoms with Crippen molar-refractivity contribution < 1.29 is 13.9 Å². The van der Waals surface area contributed by atoms with E-state index in [2.05, 4.69) is 5.32 Å². The van der Waals surface area contributed by atoms with Gasteiger partial charge in [-0.1, -0.05) is 29.3 Å². The standard InChI is InChI=1S/C15H10Cl2F2N2O/c16-9-2-1-3-10(17)14(9)13(22)7-21-15-11(18)4-8(6-20)5-12(15)19/h1-5,13,21-22H,7H2. The number of aliphatic hydroxyl groups is 1. The number of anilines is 1. The molecule has 3 nitrogen and oxygen atoms in total. The molecule has 0 aliphatic rings. The topological polar surface area (TPSA) is 56.0 Å². The zero-order valence-electron chi connectivity index (χ0n) is 11.1. The number of hydrogen-bond donors (Lipinski definition) is 2. The highest BCUT2D eigenvalue weighted by molar-refractivity contribution is 6.36. The van der Waals surface area contributed by atoms with Crippen LogP contribution in [0.1, 0.15) is 17.2 Å². The van der Waals surface area contributed by atoms with Gasteiger partial charge < -0.3 is 10.4 Å². The van der Waals surface area contributed by atoms with Gasteiger partial charge in [0.2, 0.25) is 0 Å². The number of nitrogens with zero attached hydrogens (tertiary/aromatic N) is 1. The summed E-state index contributed by atoms with van der Waals surface area (Å²) in [5.74, 6) is -1.84. The molecule has 2 rings (SSSR count). The normalized spacial score (nSPS) is 11.8. The summed E-state index contributed by atoms with van der Waals surface area (Å²) >= 11 is 11.9. The van der Waals surface area contributed by atoms with Gasteiger partial charge >= 0.3 is 0 Å². The fourth-order valence-corrected chi connectivity index (χ4v) is 2.59. The summed E-state index contributed by atoms with van der Waals surface area (Å²) in [6.07, 6.45) is -1.16. The Balaban J connectivity index is 2.19. The van der Waals surface area contributed by atoms with Gasteiger partial charge in [0.25, 0.3) is 0 Å². The molecule has 7 heteroatoms. The van der Waals surface area contributed by atoms with Crippen molar-refractivity contribution in [2.24, 2.45) is 0 Å². The van der Waals surface area contributed by atoms with Crippen LogP contribution in [0.15, 0.2) is 30.3 Å². The number of halogens is 4. The van der Waals surface area contributed by atoms with Crippen molar-refractivity contribution in [3.05, 3.63) is 63.1 Å². The Labute approximate surface area is 135 Å². The molecule has 0 bridgehead atoms. The Morgan fingerprint density at radius 3 is 2.23 bits per heavy atom. The van der Waals surface area contributed by atoms with Gasteiger partial charge in [0.15, 0.2) is 11.6 Å². The van der Waals surface area contributed by atoms with Crippen molar-refractivity contribution in [2.45, 2.75) is 6.10 Å². The maximum absolute atomic E-state index is 13.7. The molecule has 1 unspecified atom stereocenters. The number of nitriles is 1. The van der Waals surface area contributed by atoms with Crippen LogP contribution in [-0.2, 0) is 0 Å². The zero-order chi connectivity index (χ0) is 16.3. The summed E-state index contributed by atoms with van der Waals surface area (Å²) in [5.41, 5.74) is -0.288. The first-order valence-electron chi connectivity index (χ1n) is 6.19. The maximum atomic E-state index is 13.7. The summed E-state index contributed by atoms with van der Waals surface area (Å²) < 4.78 is 27.4. The van der Waals surface area contributed by atoms with Crippen molar-refractivity contribution in [1.82, 2.24) is 0 Å². The third kappa shape index (κ3) is 3.47.